The van der Waals surface area contributed by atoms with Crippen LogP contribution in [0, 0.1) is 0 Å². The second kappa shape index (κ2) is 4.39. The number of nitrogens with two attached hydrogens (primary N) is 1. The average molecular weight is 237 g/mol. The van der Waals surface area contributed by atoms with Crippen molar-refractivity contribution >= 4 is 22.5 Å². The number of hydrogen-bond acceptors (Lipinski definition) is 4. The van der Waals surface area contributed by atoms with Crippen molar-refractivity contribution in [2.45, 2.75) is 6.43 Å². The van der Waals surface area contributed by atoms with Gasteiger partial charge in [0.05, 0.1) is 7.11 Å². The lowest BCUT2D eigenvalue weighted by molar-refractivity contribution is 0.107. The van der Waals surface area contributed by atoms with Crippen molar-refractivity contribution in [3.8, 4) is 5.88 Å². The van der Waals surface area contributed by atoms with Crippen molar-refractivity contribution < 1.29 is 18.3 Å². The molecule has 1 aromatic heterocycles. The van der Waals surface area contributed by atoms with Gasteiger partial charge in [0.2, 0.25) is 5.88 Å². The van der Waals surface area contributed by atoms with Crippen LogP contribution in [0.2, 0.25) is 0 Å². The first-order chi connectivity index (χ1) is 6.97. The predicted octanol–water partition coefficient (Wildman–Crippen LogP) is 1.99. The van der Waals surface area contributed by atoms with Crippen molar-refractivity contribution in [3.05, 3.63) is 17.3 Å². The number of methoxy groups -OCH3 is 1. The van der Waals surface area contributed by atoms with Crippen molar-refractivity contribution in [3.63, 3.8) is 0 Å². The number of halogens is 3. The van der Waals surface area contributed by atoms with Gasteiger partial charge in [-0.3, -0.25) is 4.79 Å². The molecule has 1 rings (SSSR count). The van der Waals surface area contributed by atoms with Crippen LogP contribution >= 0.6 is 11.6 Å². The standard InChI is InChI=1S/C8H7ClF2N2O2/c1-15-8-5(7(10)11)3(12)2-4(13-8)6(9)14/h2,7H,1H3,(H2,12,13). The van der Waals surface area contributed by atoms with E-state index in [0.717, 1.165) is 13.2 Å². The number of carbonyl (C=O) groups excluding carboxylic acids is 1. The molecule has 0 atom stereocenters. The molecule has 0 aliphatic carbocycles. The van der Waals surface area contributed by atoms with Crippen LogP contribution in [0.5, 0.6) is 5.88 Å². The number of alkyl halides is 2. The monoisotopic (exact) mass is 236 g/mol. The van der Waals surface area contributed by atoms with Gasteiger partial charge in [0.25, 0.3) is 11.7 Å². The molecule has 2 N–H and O–H groups in total. The number of anilines is 1. The maximum Gasteiger partial charge on any atom is 0.271 e. The number of carbonyl (C=O) groups is 1. The minimum Gasteiger partial charge on any atom is -0.481 e. The highest BCUT2D eigenvalue weighted by Crippen LogP contribution is 2.33. The lowest BCUT2D eigenvalue weighted by Crippen LogP contribution is -2.05. The highest BCUT2D eigenvalue weighted by molar-refractivity contribution is 6.67. The smallest absolute Gasteiger partial charge is 0.271 e. The first-order valence-electron chi connectivity index (χ1n) is 3.79. The zero-order valence-corrected chi connectivity index (χ0v) is 8.39. The van der Waals surface area contributed by atoms with Crippen molar-refractivity contribution in [2.75, 3.05) is 12.8 Å². The van der Waals surface area contributed by atoms with Gasteiger partial charge in [-0.15, -0.1) is 0 Å². The van der Waals surface area contributed by atoms with Gasteiger partial charge in [-0.25, -0.2) is 13.8 Å². The van der Waals surface area contributed by atoms with E-state index in [9.17, 15) is 13.6 Å². The molecule has 1 heterocycles. The molecule has 0 saturated carbocycles. The quantitative estimate of drug-likeness (QED) is 0.815. The summed E-state index contributed by atoms with van der Waals surface area (Å²) in [4.78, 5) is 14.3. The SMILES string of the molecule is COc1nc(C(=O)Cl)cc(N)c1C(F)F. The Hall–Kier alpha value is -1.43. The number of aromatic nitrogens is 1. The van der Waals surface area contributed by atoms with Gasteiger partial charge in [-0.1, -0.05) is 0 Å². The Bertz CT molecular complexity index is 398. The molecule has 0 aromatic carbocycles. The fraction of sp³-hybridized carbons (Fsp3) is 0.250. The number of nitrogen functional groups attached to an aromatic ring is 1. The second-order valence-electron chi connectivity index (χ2n) is 2.59. The van der Waals surface area contributed by atoms with Crippen LogP contribution in [0.4, 0.5) is 14.5 Å². The third kappa shape index (κ3) is 2.33. The molecular weight excluding hydrogens is 230 g/mol. The van der Waals surface area contributed by atoms with Gasteiger partial charge in [0, 0.05) is 5.69 Å². The Morgan fingerprint density at radius 3 is 2.67 bits per heavy atom. The molecule has 82 valence electrons. The molecule has 0 fully saturated rings. The van der Waals surface area contributed by atoms with Crippen molar-refractivity contribution in [1.29, 1.82) is 0 Å². The fourth-order valence-electron chi connectivity index (χ4n) is 1.03. The third-order valence-electron chi connectivity index (χ3n) is 1.67. The lowest BCUT2D eigenvalue weighted by Gasteiger charge is -2.10. The summed E-state index contributed by atoms with van der Waals surface area (Å²) < 4.78 is 29.6. The zero-order valence-electron chi connectivity index (χ0n) is 7.63. The predicted molar refractivity (Wildman–Crippen MR) is 50.3 cm³/mol. The largest absolute Gasteiger partial charge is 0.481 e. The second-order valence-corrected chi connectivity index (χ2v) is 2.94. The summed E-state index contributed by atoms with van der Waals surface area (Å²) in [5.41, 5.74) is 4.28. The Kier molecular flexibility index (Phi) is 3.41. The molecular formula is C8H7ClF2N2O2. The third-order valence-corrected chi connectivity index (χ3v) is 1.86. The summed E-state index contributed by atoms with van der Waals surface area (Å²) in [6, 6.07) is 0.985. The van der Waals surface area contributed by atoms with E-state index in [4.69, 9.17) is 17.3 Å². The van der Waals surface area contributed by atoms with Gasteiger partial charge in [0.1, 0.15) is 11.3 Å². The van der Waals surface area contributed by atoms with Gasteiger partial charge in [-0.05, 0) is 17.7 Å². The molecule has 0 aliphatic heterocycles. The molecule has 1 aromatic rings. The van der Waals surface area contributed by atoms with Gasteiger partial charge >= 0.3 is 0 Å². The number of ether oxygens (including phenoxy) is 1. The molecule has 0 spiro atoms. The molecule has 0 bridgehead atoms. The van der Waals surface area contributed by atoms with Crippen LogP contribution in [0.15, 0.2) is 6.07 Å². The maximum atomic E-state index is 12.5. The molecule has 0 aliphatic rings. The number of hydrogen-bond donors (Lipinski definition) is 1. The first kappa shape index (κ1) is 11.6. The summed E-state index contributed by atoms with van der Waals surface area (Å²) in [7, 11) is 1.15. The molecule has 0 radical (unpaired) electrons. The summed E-state index contributed by atoms with van der Waals surface area (Å²) in [6.45, 7) is 0. The van der Waals surface area contributed by atoms with E-state index < -0.39 is 23.1 Å². The van der Waals surface area contributed by atoms with Crippen LogP contribution in [0.25, 0.3) is 0 Å². The zero-order chi connectivity index (χ0) is 11.6. The summed E-state index contributed by atoms with van der Waals surface area (Å²) in [5, 5.41) is -0.888. The van der Waals surface area contributed by atoms with E-state index in [1.807, 2.05) is 0 Å². The van der Waals surface area contributed by atoms with Crippen LogP contribution in [0.3, 0.4) is 0 Å². The molecule has 15 heavy (non-hydrogen) atoms. The minimum atomic E-state index is -2.83. The molecule has 7 heteroatoms. The Balaban J connectivity index is 3.37. The molecule has 4 nitrogen and oxygen atoms in total. The lowest BCUT2D eigenvalue weighted by atomic mass is 10.2. The van der Waals surface area contributed by atoms with Gasteiger partial charge in [-0.2, -0.15) is 0 Å². The Morgan fingerprint density at radius 1 is 1.67 bits per heavy atom. The molecule has 0 unspecified atom stereocenters. The van der Waals surface area contributed by atoms with Crippen molar-refractivity contribution in [1.82, 2.24) is 4.98 Å². The molecule has 0 saturated heterocycles. The number of rotatable bonds is 3. The highest BCUT2D eigenvalue weighted by atomic mass is 35.5. The summed E-state index contributed by atoms with van der Waals surface area (Å²) >= 11 is 5.14. The minimum absolute atomic E-state index is 0.226. The van der Waals surface area contributed by atoms with Gasteiger partial charge < -0.3 is 10.5 Å². The topological polar surface area (TPSA) is 65.2 Å². The Labute approximate surface area is 89.0 Å². The van der Waals surface area contributed by atoms with Crippen LogP contribution in [0.1, 0.15) is 22.5 Å². The fourth-order valence-corrected chi connectivity index (χ4v) is 1.12. The highest BCUT2D eigenvalue weighted by Gasteiger charge is 2.21. The first-order valence-corrected chi connectivity index (χ1v) is 4.17. The van der Waals surface area contributed by atoms with E-state index in [2.05, 4.69) is 9.72 Å². The summed E-state index contributed by atoms with van der Waals surface area (Å²) in [5.74, 6) is -0.394. The Morgan fingerprint density at radius 2 is 2.27 bits per heavy atom. The maximum absolute atomic E-state index is 12.5. The average Bonchev–Trinajstić information content (AvgIpc) is 2.15. The van der Waals surface area contributed by atoms with E-state index in [1.165, 1.54) is 0 Å². The number of pyridine rings is 1. The van der Waals surface area contributed by atoms with E-state index in [-0.39, 0.29) is 11.4 Å². The van der Waals surface area contributed by atoms with Crippen LogP contribution in [-0.2, 0) is 0 Å². The van der Waals surface area contributed by atoms with Crippen molar-refractivity contribution in [2.24, 2.45) is 0 Å². The van der Waals surface area contributed by atoms with Gasteiger partial charge in [0.15, 0.2) is 0 Å². The summed E-state index contributed by atoms with van der Waals surface area (Å²) in [6.07, 6.45) is -2.83. The van der Waals surface area contributed by atoms with E-state index in [1.54, 1.807) is 0 Å². The number of nitrogens with zero attached hydrogens (tertiary/aromatic N) is 1. The molecule has 0 amide bonds. The van der Waals surface area contributed by atoms with E-state index >= 15 is 0 Å². The normalized spacial score (nSPS) is 10.5. The van der Waals surface area contributed by atoms with Crippen LogP contribution < -0.4 is 10.5 Å². The van der Waals surface area contributed by atoms with E-state index in [0.29, 0.717) is 0 Å². The van der Waals surface area contributed by atoms with Crippen LogP contribution in [-0.4, -0.2) is 17.3 Å².